The molecule has 0 spiro atoms. The minimum absolute atomic E-state index is 0.00961. The monoisotopic (exact) mass is 511 g/mol. The van der Waals surface area contributed by atoms with Crippen LogP contribution in [0, 0.1) is 11.8 Å². The van der Waals surface area contributed by atoms with Crippen LogP contribution in [0.2, 0.25) is 0 Å². The predicted molar refractivity (Wildman–Crippen MR) is 130 cm³/mol. The Morgan fingerprint density at radius 1 is 1.38 bits per heavy atom. The van der Waals surface area contributed by atoms with E-state index < -0.39 is 12.4 Å². The molecule has 0 radical (unpaired) electrons. The number of hydrogen-bond acceptors (Lipinski definition) is 6. The highest BCUT2D eigenvalue weighted by Gasteiger charge is 2.40. The molecular formula is C22H27F2N5O3S2. The first kappa shape index (κ1) is 24.5. The number of nitrogens with zero attached hydrogens (tertiary/aromatic N) is 2. The number of amides is 1. The van der Waals surface area contributed by atoms with Gasteiger partial charge in [0.05, 0.1) is 12.2 Å². The van der Waals surface area contributed by atoms with Crippen LogP contribution in [0.25, 0.3) is 0 Å². The predicted octanol–water partition coefficient (Wildman–Crippen LogP) is 4.03. The first-order valence-corrected chi connectivity index (χ1v) is 12.4. The van der Waals surface area contributed by atoms with Gasteiger partial charge in [0, 0.05) is 30.0 Å². The van der Waals surface area contributed by atoms with Crippen molar-refractivity contribution in [1.29, 1.82) is 0 Å². The van der Waals surface area contributed by atoms with Gasteiger partial charge in [-0.25, -0.2) is 13.6 Å². The molecule has 184 valence electrons. The van der Waals surface area contributed by atoms with E-state index in [4.69, 9.17) is 17.0 Å². The summed E-state index contributed by atoms with van der Waals surface area (Å²) in [5.74, 6) is 0.195. The lowest BCUT2D eigenvalue weighted by atomic mass is 9.91. The maximum atomic E-state index is 12.9. The van der Waals surface area contributed by atoms with Gasteiger partial charge in [0.15, 0.2) is 5.11 Å². The number of fused-ring (bicyclic) bond motifs is 1. The van der Waals surface area contributed by atoms with Gasteiger partial charge in [-0.1, -0.05) is 6.92 Å². The van der Waals surface area contributed by atoms with Gasteiger partial charge in [-0.15, -0.1) is 11.3 Å². The summed E-state index contributed by atoms with van der Waals surface area (Å²) in [5.41, 5.74) is 0.944. The second-order valence-electron chi connectivity index (χ2n) is 8.65. The number of carbonyl (C=O) groups excluding carboxylic acids is 2. The molecule has 0 aliphatic heterocycles. The topological polar surface area (TPSA) is 97.3 Å². The Morgan fingerprint density at radius 2 is 2.12 bits per heavy atom. The third-order valence-corrected chi connectivity index (χ3v) is 7.55. The molecule has 3 N–H and O–H groups in total. The van der Waals surface area contributed by atoms with Crippen LogP contribution in [0.1, 0.15) is 59.6 Å². The molecule has 0 saturated heterocycles. The molecule has 4 rings (SSSR count). The van der Waals surface area contributed by atoms with Gasteiger partial charge in [-0.2, -0.15) is 5.10 Å². The van der Waals surface area contributed by atoms with E-state index in [1.807, 2.05) is 6.92 Å². The number of nitrogens with one attached hydrogen (secondary N) is 3. The molecule has 1 saturated carbocycles. The van der Waals surface area contributed by atoms with Crippen LogP contribution in [-0.2, 0) is 29.4 Å². The van der Waals surface area contributed by atoms with Gasteiger partial charge < -0.3 is 20.7 Å². The molecule has 1 amide bonds. The highest BCUT2D eigenvalue weighted by Crippen LogP contribution is 2.42. The molecule has 0 unspecified atom stereocenters. The first-order valence-electron chi connectivity index (χ1n) is 11.2. The third-order valence-electron chi connectivity index (χ3n) is 6.12. The van der Waals surface area contributed by atoms with Crippen molar-refractivity contribution in [2.75, 3.05) is 17.2 Å². The van der Waals surface area contributed by atoms with E-state index in [1.165, 1.54) is 22.1 Å². The molecule has 2 aromatic rings. The second kappa shape index (κ2) is 9.95. The lowest BCUT2D eigenvalue weighted by molar-refractivity contribution is -0.117. The van der Waals surface area contributed by atoms with E-state index in [9.17, 15) is 18.4 Å². The minimum atomic E-state index is -2.67. The number of alkyl halides is 2. The largest absolute Gasteiger partial charge is 0.462 e. The van der Waals surface area contributed by atoms with Gasteiger partial charge in [0.2, 0.25) is 5.91 Å². The van der Waals surface area contributed by atoms with Crippen LogP contribution in [0.15, 0.2) is 6.07 Å². The molecule has 2 aliphatic rings. The Bertz CT molecular complexity index is 1120. The number of aryl methyl sites for hydroxylation is 2. The van der Waals surface area contributed by atoms with Gasteiger partial charge in [-0.05, 0) is 56.3 Å². The third kappa shape index (κ3) is 5.22. The average Bonchev–Trinajstić information content (AvgIpc) is 3.23. The van der Waals surface area contributed by atoms with Crippen molar-refractivity contribution in [3.63, 3.8) is 0 Å². The SMILES string of the molecule is CCOC(=O)c1c(NC(=O)[C@H]2C[C@@H]2C)sc2c1C[C@@H](NC(=S)Nc1cc(C(F)F)nn1C)CC2. The molecular weight excluding hydrogens is 484 g/mol. The van der Waals surface area contributed by atoms with Crippen molar-refractivity contribution in [3.8, 4) is 0 Å². The summed E-state index contributed by atoms with van der Waals surface area (Å²) in [6.07, 6.45) is 0.183. The van der Waals surface area contributed by atoms with Crippen molar-refractivity contribution in [3.05, 3.63) is 27.8 Å². The Hall–Kier alpha value is -2.60. The van der Waals surface area contributed by atoms with E-state index in [-0.39, 0.29) is 35.3 Å². The van der Waals surface area contributed by atoms with Crippen LogP contribution >= 0.6 is 23.6 Å². The van der Waals surface area contributed by atoms with Crippen LogP contribution in [0.5, 0.6) is 0 Å². The van der Waals surface area contributed by atoms with Gasteiger partial charge in [0.1, 0.15) is 16.5 Å². The standard InChI is InChI=1S/C22H27F2N5O3S2/c1-4-32-21(31)17-13-8-11(25-22(33)26-16-9-14(18(23)24)28-29(16)3)5-6-15(13)34-20(17)27-19(30)12-7-10(12)2/h9-12,18H,4-8H2,1-3H3,(H,27,30)(H2,25,26,33)/t10-,11-,12-/m0/s1. The van der Waals surface area contributed by atoms with Gasteiger partial charge >= 0.3 is 5.97 Å². The minimum Gasteiger partial charge on any atom is -0.462 e. The van der Waals surface area contributed by atoms with Crippen LogP contribution in [0.4, 0.5) is 19.6 Å². The van der Waals surface area contributed by atoms with Gasteiger partial charge in [0.25, 0.3) is 6.43 Å². The molecule has 12 heteroatoms. The fraction of sp³-hybridized carbons (Fsp3) is 0.545. The maximum absolute atomic E-state index is 12.9. The lowest BCUT2D eigenvalue weighted by Gasteiger charge is -2.25. The molecule has 2 heterocycles. The summed E-state index contributed by atoms with van der Waals surface area (Å²) in [4.78, 5) is 26.4. The molecule has 3 atom stereocenters. The van der Waals surface area contributed by atoms with Crippen LogP contribution < -0.4 is 16.0 Å². The molecule has 2 aliphatic carbocycles. The number of thiocarbonyl (C=S) groups is 1. The number of aromatic nitrogens is 2. The number of carbonyl (C=O) groups is 2. The fourth-order valence-electron chi connectivity index (χ4n) is 4.16. The summed E-state index contributed by atoms with van der Waals surface area (Å²) in [7, 11) is 1.55. The summed E-state index contributed by atoms with van der Waals surface area (Å²) in [5, 5.41) is 13.7. The van der Waals surface area contributed by atoms with Crippen LogP contribution in [0.3, 0.4) is 0 Å². The zero-order chi connectivity index (χ0) is 24.6. The van der Waals surface area contributed by atoms with E-state index in [2.05, 4.69) is 21.0 Å². The molecule has 1 fully saturated rings. The second-order valence-corrected chi connectivity index (χ2v) is 10.2. The number of thiophene rings is 1. The molecule has 34 heavy (non-hydrogen) atoms. The quantitative estimate of drug-likeness (QED) is 0.381. The van der Waals surface area contributed by atoms with Crippen molar-refractivity contribution >= 4 is 51.4 Å². The number of anilines is 2. The smallest absolute Gasteiger partial charge is 0.341 e. The maximum Gasteiger partial charge on any atom is 0.341 e. The number of halogens is 2. The van der Waals surface area contributed by atoms with Crippen molar-refractivity contribution in [2.24, 2.45) is 18.9 Å². The number of esters is 1. The Labute approximate surface area is 205 Å². The van der Waals surface area contributed by atoms with E-state index in [1.54, 1.807) is 14.0 Å². The Balaban J connectivity index is 1.47. The summed E-state index contributed by atoms with van der Waals surface area (Å²) in [6, 6.07) is 1.18. The number of ether oxygens (including phenoxy) is 1. The first-order chi connectivity index (χ1) is 16.2. The molecule has 0 bridgehead atoms. The lowest BCUT2D eigenvalue weighted by Crippen LogP contribution is -2.41. The fourth-order valence-corrected chi connectivity index (χ4v) is 5.66. The molecule has 2 aromatic heterocycles. The van der Waals surface area contributed by atoms with Crippen molar-refractivity contribution in [2.45, 2.75) is 52.0 Å². The van der Waals surface area contributed by atoms with E-state index >= 15 is 0 Å². The highest BCUT2D eigenvalue weighted by molar-refractivity contribution is 7.80. The highest BCUT2D eigenvalue weighted by atomic mass is 32.1. The van der Waals surface area contributed by atoms with Crippen molar-refractivity contribution < 1.29 is 23.1 Å². The van der Waals surface area contributed by atoms with Crippen molar-refractivity contribution in [1.82, 2.24) is 15.1 Å². The zero-order valence-electron chi connectivity index (χ0n) is 19.1. The van der Waals surface area contributed by atoms with E-state index in [0.29, 0.717) is 35.1 Å². The Kier molecular flexibility index (Phi) is 7.17. The zero-order valence-corrected chi connectivity index (χ0v) is 20.7. The van der Waals surface area contributed by atoms with Crippen LogP contribution in [-0.4, -0.2) is 39.4 Å². The van der Waals surface area contributed by atoms with E-state index in [0.717, 1.165) is 23.3 Å². The summed E-state index contributed by atoms with van der Waals surface area (Å²) < 4.78 is 32.4. The summed E-state index contributed by atoms with van der Waals surface area (Å²) in [6.45, 7) is 4.01. The molecule has 8 nitrogen and oxygen atoms in total. The average molecular weight is 512 g/mol. The number of rotatable bonds is 7. The summed E-state index contributed by atoms with van der Waals surface area (Å²) >= 11 is 6.82. The number of hydrogen-bond donors (Lipinski definition) is 3. The normalized spacial score (nSPS) is 21.1. The van der Waals surface area contributed by atoms with Gasteiger partial charge in [-0.3, -0.25) is 9.48 Å². The molecule has 0 aromatic carbocycles. The Morgan fingerprint density at radius 3 is 2.74 bits per heavy atom.